The van der Waals surface area contributed by atoms with E-state index in [1.807, 2.05) is 24.3 Å². The van der Waals surface area contributed by atoms with Crippen LogP contribution in [0, 0.1) is 0 Å². The van der Waals surface area contributed by atoms with Gasteiger partial charge in [0, 0.05) is 12.2 Å². The minimum Gasteiger partial charge on any atom is -0.462 e. The molecular weight excluding hydrogens is 308 g/mol. The zero-order valence-electron chi connectivity index (χ0n) is 13.0. The molecular formula is C18H20N2O2S. The highest BCUT2D eigenvalue weighted by Crippen LogP contribution is 2.11. The van der Waals surface area contributed by atoms with Crippen molar-refractivity contribution in [2.45, 2.75) is 13.3 Å². The molecule has 4 nitrogen and oxygen atoms in total. The van der Waals surface area contributed by atoms with Crippen molar-refractivity contribution < 1.29 is 9.53 Å². The first-order valence-electron chi connectivity index (χ1n) is 7.55. The molecule has 2 aromatic rings. The van der Waals surface area contributed by atoms with Crippen LogP contribution < -0.4 is 10.6 Å². The second kappa shape index (κ2) is 8.90. The Labute approximate surface area is 141 Å². The second-order valence-corrected chi connectivity index (χ2v) is 5.33. The van der Waals surface area contributed by atoms with E-state index in [0.29, 0.717) is 17.3 Å². The fourth-order valence-electron chi connectivity index (χ4n) is 2.08. The Morgan fingerprint density at radius 2 is 1.91 bits per heavy atom. The molecule has 0 aliphatic rings. The van der Waals surface area contributed by atoms with Crippen molar-refractivity contribution in [3.63, 3.8) is 0 Å². The van der Waals surface area contributed by atoms with Gasteiger partial charge in [-0.3, -0.25) is 0 Å². The van der Waals surface area contributed by atoms with Crippen LogP contribution in [0.2, 0.25) is 0 Å². The van der Waals surface area contributed by atoms with E-state index >= 15 is 0 Å². The Morgan fingerprint density at radius 1 is 1.13 bits per heavy atom. The first-order chi connectivity index (χ1) is 11.2. The van der Waals surface area contributed by atoms with Crippen LogP contribution in [0.1, 0.15) is 22.8 Å². The highest BCUT2D eigenvalue weighted by Gasteiger charge is 2.07. The summed E-state index contributed by atoms with van der Waals surface area (Å²) in [6.45, 7) is 2.88. The number of benzene rings is 2. The number of ether oxygens (including phenoxy) is 1. The van der Waals surface area contributed by atoms with Crippen molar-refractivity contribution in [1.29, 1.82) is 0 Å². The number of rotatable bonds is 6. The molecule has 0 aliphatic heterocycles. The van der Waals surface area contributed by atoms with Gasteiger partial charge in [0.25, 0.3) is 0 Å². The van der Waals surface area contributed by atoms with Gasteiger partial charge in [0.15, 0.2) is 5.11 Å². The molecule has 5 heteroatoms. The van der Waals surface area contributed by atoms with Crippen LogP contribution in [0.15, 0.2) is 54.6 Å². The molecule has 0 atom stereocenters. The molecule has 0 bridgehead atoms. The molecule has 0 saturated carbocycles. The van der Waals surface area contributed by atoms with Crippen molar-refractivity contribution >= 4 is 29.0 Å². The number of nitrogens with one attached hydrogen (secondary N) is 2. The maximum atomic E-state index is 11.7. The first kappa shape index (κ1) is 17.0. The minimum atomic E-state index is -0.334. The van der Waals surface area contributed by atoms with Crippen LogP contribution in [-0.2, 0) is 11.2 Å². The summed E-state index contributed by atoms with van der Waals surface area (Å²) in [6, 6.07) is 17.3. The first-order valence-corrected chi connectivity index (χ1v) is 7.96. The van der Waals surface area contributed by atoms with Gasteiger partial charge in [0.2, 0.25) is 0 Å². The van der Waals surface area contributed by atoms with Gasteiger partial charge in [-0.15, -0.1) is 0 Å². The fraction of sp³-hybridized carbons (Fsp3) is 0.222. The maximum absolute atomic E-state index is 11.7. The third-order valence-electron chi connectivity index (χ3n) is 3.17. The largest absolute Gasteiger partial charge is 0.462 e. The van der Waals surface area contributed by atoms with Crippen LogP contribution in [0.5, 0.6) is 0 Å². The number of hydrogen-bond donors (Lipinski definition) is 2. The fourth-order valence-corrected chi connectivity index (χ4v) is 2.30. The number of hydrogen-bond acceptors (Lipinski definition) is 3. The third-order valence-corrected chi connectivity index (χ3v) is 3.42. The molecule has 0 fully saturated rings. The van der Waals surface area contributed by atoms with Crippen molar-refractivity contribution in [1.82, 2.24) is 5.32 Å². The molecule has 0 radical (unpaired) electrons. The lowest BCUT2D eigenvalue weighted by atomic mass is 10.1. The molecule has 2 rings (SSSR count). The van der Waals surface area contributed by atoms with Gasteiger partial charge in [-0.05, 0) is 49.3 Å². The molecule has 0 aromatic heterocycles. The number of esters is 1. The van der Waals surface area contributed by atoms with E-state index in [0.717, 1.165) is 18.7 Å². The van der Waals surface area contributed by atoms with E-state index in [1.54, 1.807) is 25.1 Å². The SMILES string of the molecule is CCOC(=O)c1cccc(NC(=S)NCCc2ccccc2)c1. The summed E-state index contributed by atoms with van der Waals surface area (Å²) in [4.78, 5) is 11.7. The van der Waals surface area contributed by atoms with E-state index in [4.69, 9.17) is 17.0 Å². The van der Waals surface area contributed by atoms with E-state index in [9.17, 15) is 4.79 Å². The van der Waals surface area contributed by atoms with E-state index < -0.39 is 0 Å². The minimum absolute atomic E-state index is 0.334. The Balaban J connectivity index is 1.83. The quantitative estimate of drug-likeness (QED) is 0.629. The van der Waals surface area contributed by atoms with Gasteiger partial charge in [0.05, 0.1) is 12.2 Å². The Bertz CT molecular complexity index is 659. The highest BCUT2D eigenvalue weighted by molar-refractivity contribution is 7.80. The normalized spacial score (nSPS) is 9.96. The van der Waals surface area contributed by atoms with Crippen molar-refractivity contribution in [2.24, 2.45) is 0 Å². The van der Waals surface area contributed by atoms with Gasteiger partial charge in [-0.25, -0.2) is 4.79 Å². The van der Waals surface area contributed by atoms with E-state index in [-0.39, 0.29) is 5.97 Å². The molecule has 2 N–H and O–H groups in total. The average Bonchev–Trinajstić information content (AvgIpc) is 2.56. The predicted molar refractivity (Wildman–Crippen MR) is 96.8 cm³/mol. The molecule has 0 unspecified atom stereocenters. The summed E-state index contributed by atoms with van der Waals surface area (Å²) in [5.41, 5.74) is 2.52. The van der Waals surface area contributed by atoms with Crippen molar-refractivity contribution in [2.75, 3.05) is 18.5 Å². The summed E-state index contributed by atoms with van der Waals surface area (Å²) >= 11 is 5.27. The molecule has 0 spiro atoms. The standard InChI is InChI=1S/C18H20N2O2S/c1-2-22-17(21)15-9-6-10-16(13-15)20-18(23)19-12-11-14-7-4-3-5-8-14/h3-10,13H,2,11-12H2,1H3,(H2,19,20,23). The van der Waals surface area contributed by atoms with Crippen molar-refractivity contribution in [3.8, 4) is 0 Å². The molecule has 23 heavy (non-hydrogen) atoms. The molecule has 0 saturated heterocycles. The van der Waals surface area contributed by atoms with Gasteiger partial charge in [-0.2, -0.15) is 0 Å². The van der Waals surface area contributed by atoms with Crippen LogP contribution >= 0.6 is 12.2 Å². The molecule has 2 aromatic carbocycles. The number of thiocarbonyl (C=S) groups is 1. The van der Waals surface area contributed by atoms with Gasteiger partial charge < -0.3 is 15.4 Å². The Kier molecular flexibility index (Phi) is 6.56. The summed E-state index contributed by atoms with van der Waals surface area (Å²) in [6.07, 6.45) is 0.894. The Hall–Kier alpha value is -2.40. The zero-order chi connectivity index (χ0) is 16.5. The summed E-state index contributed by atoms with van der Waals surface area (Å²) < 4.78 is 4.99. The highest BCUT2D eigenvalue weighted by atomic mass is 32.1. The zero-order valence-corrected chi connectivity index (χ0v) is 13.9. The third kappa shape index (κ3) is 5.71. The molecule has 0 amide bonds. The van der Waals surface area contributed by atoms with Gasteiger partial charge in [-0.1, -0.05) is 36.4 Å². The maximum Gasteiger partial charge on any atom is 0.338 e. The van der Waals surface area contributed by atoms with Crippen molar-refractivity contribution in [3.05, 3.63) is 65.7 Å². The molecule has 0 aliphatic carbocycles. The smallest absolute Gasteiger partial charge is 0.338 e. The van der Waals surface area contributed by atoms with E-state index in [1.165, 1.54) is 5.56 Å². The number of anilines is 1. The lowest BCUT2D eigenvalue weighted by Crippen LogP contribution is -2.30. The van der Waals surface area contributed by atoms with Gasteiger partial charge in [0.1, 0.15) is 0 Å². The number of carbonyl (C=O) groups is 1. The van der Waals surface area contributed by atoms with E-state index in [2.05, 4.69) is 22.8 Å². The summed E-state index contributed by atoms with van der Waals surface area (Å²) in [7, 11) is 0. The lowest BCUT2D eigenvalue weighted by molar-refractivity contribution is 0.0526. The molecule has 0 heterocycles. The van der Waals surface area contributed by atoms with Crippen LogP contribution in [-0.4, -0.2) is 24.2 Å². The molecule has 120 valence electrons. The monoisotopic (exact) mass is 328 g/mol. The average molecular weight is 328 g/mol. The predicted octanol–water partition coefficient (Wildman–Crippen LogP) is 3.39. The second-order valence-electron chi connectivity index (χ2n) is 4.92. The summed E-state index contributed by atoms with van der Waals surface area (Å²) in [5, 5.41) is 6.77. The number of carbonyl (C=O) groups excluding carboxylic acids is 1. The van der Waals surface area contributed by atoms with Crippen LogP contribution in [0.25, 0.3) is 0 Å². The van der Waals surface area contributed by atoms with Crippen LogP contribution in [0.4, 0.5) is 5.69 Å². The van der Waals surface area contributed by atoms with Gasteiger partial charge >= 0.3 is 5.97 Å². The topological polar surface area (TPSA) is 50.4 Å². The van der Waals surface area contributed by atoms with Crippen LogP contribution in [0.3, 0.4) is 0 Å². The summed E-state index contributed by atoms with van der Waals surface area (Å²) in [5.74, 6) is -0.334. The lowest BCUT2D eigenvalue weighted by Gasteiger charge is -2.11. The Morgan fingerprint density at radius 3 is 2.65 bits per heavy atom.